The first kappa shape index (κ1) is 29.4. The Morgan fingerprint density at radius 1 is 1.14 bits per heavy atom. The molecule has 0 radical (unpaired) electrons. The van der Waals surface area contributed by atoms with Gasteiger partial charge in [0.1, 0.15) is 5.82 Å². The normalized spacial score (nSPS) is 15.1. The van der Waals surface area contributed by atoms with Gasteiger partial charge in [0.25, 0.3) is 0 Å². The molecule has 0 bridgehead atoms. The second-order valence-electron chi connectivity index (χ2n) is 11.9. The third kappa shape index (κ3) is 7.83. The molecule has 1 aliphatic rings. The van der Waals surface area contributed by atoms with Crippen LogP contribution in [0.2, 0.25) is 0 Å². The van der Waals surface area contributed by atoms with Crippen LogP contribution in [0, 0.1) is 23.6 Å². The average molecular weight is 485 g/mol. The molecule has 0 spiro atoms. The lowest BCUT2D eigenvalue weighted by atomic mass is 9.61. The lowest BCUT2D eigenvalue weighted by molar-refractivity contribution is 0.231. The van der Waals surface area contributed by atoms with Crippen molar-refractivity contribution in [3.63, 3.8) is 0 Å². The molecule has 36 heavy (non-hydrogen) atoms. The minimum absolute atomic E-state index is 0.0530. The highest BCUT2D eigenvalue weighted by molar-refractivity contribution is 5.70. The van der Waals surface area contributed by atoms with E-state index >= 15 is 0 Å². The molecule has 0 aromatic heterocycles. The predicted molar refractivity (Wildman–Crippen MR) is 157 cm³/mol. The van der Waals surface area contributed by atoms with Gasteiger partial charge in [0, 0.05) is 5.56 Å². The van der Waals surface area contributed by atoms with Crippen LogP contribution < -0.4 is 0 Å². The molecular formula is C35H45F. The van der Waals surface area contributed by atoms with E-state index in [2.05, 4.69) is 79.3 Å². The van der Waals surface area contributed by atoms with Crippen molar-refractivity contribution in [3.05, 3.63) is 101 Å². The first-order chi connectivity index (χ1) is 16.8. The van der Waals surface area contributed by atoms with Crippen molar-refractivity contribution in [1.82, 2.24) is 0 Å². The third-order valence-corrected chi connectivity index (χ3v) is 6.97. The van der Waals surface area contributed by atoms with E-state index in [1.54, 1.807) is 12.1 Å². The molecule has 2 aromatic carbocycles. The van der Waals surface area contributed by atoms with E-state index in [1.165, 1.54) is 36.0 Å². The Kier molecular flexibility index (Phi) is 10.1. The summed E-state index contributed by atoms with van der Waals surface area (Å²) in [6.45, 7) is 25.3. The van der Waals surface area contributed by atoms with Gasteiger partial charge in [-0.05, 0) is 102 Å². The fourth-order valence-electron chi connectivity index (χ4n) is 5.48. The van der Waals surface area contributed by atoms with E-state index in [0.717, 1.165) is 35.1 Å². The van der Waals surface area contributed by atoms with Crippen LogP contribution in [0.25, 0.3) is 5.57 Å². The Hall–Kier alpha value is -2.85. The van der Waals surface area contributed by atoms with Crippen molar-refractivity contribution < 1.29 is 4.39 Å². The second kappa shape index (κ2) is 12.4. The molecule has 2 aromatic rings. The predicted octanol–water partition coefficient (Wildman–Crippen LogP) is 9.79. The van der Waals surface area contributed by atoms with Gasteiger partial charge in [-0.2, -0.15) is 0 Å². The number of hydrogen-bond donors (Lipinski definition) is 0. The van der Waals surface area contributed by atoms with Gasteiger partial charge in [0.2, 0.25) is 0 Å². The van der Waals surface area contributed by atoms with Crippen molar-refractivity contribution >= 4 is 5.57 Å². The van der Waals surface area contributed by atoms with Crippen LogP contribution in [0.4, 0.5) is 4.39 Å². The number of fused-ring (bicyclic) bond motifs is 1. The zero-order valence-corrected chi connectivity index (χ0v) is 23.5. The molecule has 0 fully saturated rings. The molecule has 0 unspecified atom stereocenters. The summed E-state index contributed by atoms with van der Waals surface area (Å²) in [5, 5.41) is 0. The van der Waals surface area contributed by atoms with Crippen molar-refractivity contribution in [2.75, 3.05) is 0 Å². The highest BCUT2D eigenvalue weighted by Crippen LogP contribution is 2.47. The summed E-state index contributed by atoms with van der Waals surface area (Å²) in [4.78, 5) is 0. The number of rotatable bonds is 8. The van der Waals surface area contributed by atoms with Crippen molar-refractivity contribution in [1.29, 1.82) is 0 Å². The van der Waals surface area contributed by atoms with E-state index in [4.69, 9.17) is 6.42 Å². The molecule has 0 aliphatic heterocycles. The molecule has 192 valence electrons. The molecule has 0 saturated heterocycles. The van der Waals surface area contributed by atoms with E-state index < -0.39 is 0 Å². The van der Waals surface area contributed by atoms with Crippen LogP contribution in [0.1, 0.15) is 101 Å². The zero-order chi connectivity index (χ0) is 27.1. The molecule has 0 heterocycles. The summed E-state index contributed by atoms with van der Waals surface area (Å²) in [5.74, 6) is 2.72. The highest BCUT2D eigenvalue weighted by Gasteiger charge is 2.38. The lowest BCUT2D eigenvalue weighted by Gasteiger charge is -2.43. The van der Waals surface area contributed by atoms with Gasteiger partial charge >= 0.3 is 0 Å². The smallest absolute Gasteiger partial charge is 0.126 e. The summed E-state index contributed by atoms with van der Waals surface area (Å²) in [6.07, 6.45) is 14.6. The fourth-order valence-corrected chi connectivity index (χ4v) is 5.48. The maximum absolute atomic E-state index is 14.3. The largest absolute Gasteiger partial charge is 0.207 e. The maximum atomic E-state index is 14.3. The molecule has 1 heteroatoms. The summed E-state index contributed by atoms with van der Waals surface area (Å²) in [6, 6.07) is 9.76. The van der Waals surface area contributed by atoms with Gasteiger partial charge in [0.05, 0.1) is 0 Å². The molecule has 0 saturated carbocycles. The monoisotopic (exact) mass is 484 g/mol. The van der Waals surface area contributed by atoms with Gasteiger partial charge in [-0.15, -0.1) is 19.6 Å². The molecule has 0 amide bonds. The van der Waals surface area contributed by atoms with Crippen molar-refractivity contribution in [2.45, 2.75) is 91.9 Å². The minimum Gasteiger partial charge on any atom is -0.207 e. The molecule has 1 aliphatic carbocycles. The van der Waals surface area contributed by atoms with Gasteiger partial charge < -0.3 is 0 Å². The quantitative estimate of drug-likeness (QED) is 0.258. The number of allylic oxidation sites excluding steroid dienone is 3. The van der Waals surface area contributed by atoms with Gasteiger partial charge in [-0.25, -0.2) is 4.39 Å². The Morgan fingerprint density at radius 3 is 2.36 bits per heavy atom. The molecule has 0 N–H and O–H groups in total. The first-order valence-electron chi connectivity index (χ1n) is 13.2. The van der Waals surface area contributed by atoms with Crippen LogP contribution in [0.3, 0.4) is 0 Å². The number of hydrogen-bond acceptors (Lipinski definition) is 0. The fraction of sp³-hybridized carbons (Fsp3) is 0.429. The molecule has 0 atom stereocenters. The average Bonchev–Trinajstić information content (AvgIpc) is 2.78. The van der Waals surface area contributed by atoms with Crippen LogP contribution in [-0.2, 0) is 24.7 Å². The van der Waals surface area contributed by atoms with Crippen LogP contribution >= 0.6 is 0 Å². The second-order valence-corrected chi connectivity index (χ2v) is 11.9. The summed E-state index contributed by atoms with van der Waals surface area (Å²) in [7, 11) is 0. The number of halogens is 1. The molecule has 0 nitrogen and oxygen atoms in total. The minimum atomic E-state index is -0.187. The van der Waals surface area contributed by atoms with E-state index in [-0.39, 0.29) is 16.6 Å². The summed E-state index contributed by atoms with van der Waals surface area (Å²) >= 11 is 0. The maximum Gasteiger partial charge on any atom is 0.126 e. The Balaban J connectivity index is 0.000000572. The van der Waals surface area contributed by atoms with Crippen LogP contribution in [-0.4, -0.2) is 0 Å². The topological polar surface area (TPSA) is 0 Å². The Morgan fingerprint density at radius 2 is 1.83 bits per heavy atom. The van der Waals surface area contributed by atoms with Crippen molar-refractivity contribution in [3.8, 4) is 12.3 Å². The summed E-state index contributed by atoms with van der Waals surface area (Å²) in [5.41, 5.74) is 8.78. The van der Waals surface area contributed by atoms with Crippen LogP contribution in [0.15, 0.2) is 61.7 Å². The van der Waals surface area contributed by atoms with Gasteiger partial charge in [-0.3, -0.25) is 0 Å². The molecular weight excluding hydrogens is 439 g/mol. The number of benzene rings is 2. The first-order valence-corrected chi connectivity index (χ1v) is 13.2. The lowest BCUT2D eigenvalue weighted by Crippen LogP contribution is -2.35. The number of unbranched alkanes of at least 4 members (excludes halogenated alkanes) is 1. The van der Waals surface area contributed by atoms with Crippen LogP contribution in [0.5, 0.6) is 0 Å². The number of terminal acetylenes is 1. The van der Waals surface area contributed by atoms with E-state index in [0.29, 0.717) is 18.4 Å². The summed E-state index contributed by atoms with van der Waals surface area (Å²) < 4.78 is 14.3. The Labute approximate surface area is 220 Å². The van der Waals surface area contributed by atoms with E-state index in [1.807, 2.05) is 12.1 Å². The molecule has 3 rings (SSSR count). The van der Waals surface area contributed by atoms with Gasteiger partial charge in [-0.1, -0.05) is 83.4 Å². The highest BCUT2D eigenvalue weighted by atomic mass is 19.1. The third-order valence-electron chi connectivity index (χ3n) is 6.97. The Bertz CT molecular complexity index is 1150. The van der Waals surface area contributed by atoms with Crippen molar-refractivity contribution in [2.24, 2.45) is 5.41 Å². The standard InChI is InChI=1S/C28H31F.C7H14/c1-8-10-22-12-11-20(14-26(22)29)13-19(3)23-15-21(9-2)24-17-27(4,5)18-28(6,7)25(24)16-23;1-4-5-6-7(2)3/h2,8,11-12,14-16H,1,3,10,13,17-18H2,4-7H3;2,4-6H2,1,3H3. The SMILES string of the molecule is C#Cc1cc(C(=C)Cc2ccc(CC=C)c(F)c2)cc2c1CC(C)(C)CC2(C)C.C=C(C)CCCC. The zero-order valence-electron chi connectivity index (χ0n) is 23.5. The van der Waals surface area contributed by atoms with E-state index in [9.17, 15) is 4.39 Å². The van der Waals surface area contributed by atoms with Gasteiger partial charge in [0.15, 0.2) is 0 Å².